The average Bonchev–Trinajstić information content (AvgIpc) is 2.74. The van der Waals surface area contributed by atoms with Crippen molar-refractivity contribution in [2.75, 3.05) is 14.2 Å². The second-order valence-electron chi connectivity index (χ2n) is 7.94. The standard InChI is InChI=1S/C24H33NO3/c1-5-6-15-24(26)16-22(18-7-11-20(27-3)12-8-18)25-23(17(24)2)19-9-13-21(28-4)14-10-19/h7-14,17,22-23,25-26H,5-6,15-16H2,1-4H3/t17-,22-,23-,24+/m0/s1. The minimum atomic E-state index is -0.698. The summed E-state index contributed by atoms with van der Waals surface area (Å²) in [4.78, 5) is 0. The molecule has 0 aliphatic carbocycles. The predicted octanol–water partition coefficient (Wildman–Crippen LogP) is 5.04. The van der Waals surface area contributed by atoms with Gasteiger partial charge in [-0.3, -0.25) is 0 Å². The highest BCUT2D eigenvalue weighted by Crippen LogP contribution is 2.45. The molecule has 0 radical (unpaired) electrons. The lowest BCUT2D eigenvalue weighted by Crippen LogP contribution is -2.52. The Kier molecular flexibility index (Phi) is 6.63. The third-order valence-electron chi connectivity index (χ3n) is 6.24. The predicted molar refractivity (Wildman–Crippen MR) is 113 cm³/mol. The molecule has 2 aromatic carbocycles. The highest BCUT2D eigenvalue weighted by Gasteiger charge is 2.45. The molecular weight excluding hydrogens is 350 g/mol. The Morgan fingerprint density at radius 1 is 0.964 bits per heavy atom. The Bertz CT molecular complexity index is 743. The topological polar surface area (TPSA) is 50.7 Å². The maximum absolute atomic E-state index is 11.6. The average molecular weight is 384 g/mol. The molecule has 4 atom stereocenters. The molecule has 1 aliphatic heterocycles. The van der Waals surface area contributed by atoms with Crippen LogP contribution in [0.5, 0.6) is 11.5 Å². The normalized spacial score (nSPS) is 27.4. The highest BCUT2D eigenvalue weighted by molar-refractivity contribution is 5.33. The lowest BCUT2D eigenvalue weighted by Gasteiger charge is -2.48. The number of hydrogen-bond acceptors (Lipinski definition) is 4. The molecule has 0 amide bonds. The summed E-state index contributed by atoms with van der Waals surface area (Å²) in [5.41, 5.74) is 1.67. The number of benzene rings is 2. The molecule has 28 heavy (non-hydrogen) atoms. The Labute approximate surface area is 168 Å². The van der Waals surface area contributed by atoms with E-state index in [2.05, 4.69) is 43.4 Å². The van der Waals surface area contributed by atoms with Gasteiger partial charge in [0.2, 0.25) is 0 Å². The van der Waals surface area contributed by atoms with Crippen molar-refractivity contribution in [2.45, 2.75) is 57.2 Å². The Hall–Kier alpha value is -2.04. The number of ether oxygens (including phenoxy) is 2. The number of piperidine rings is 1. The first-order valence-corrected chi connectivity index (χ1v) is 10.3. The molecule has 0 spiro atoms. The summed E-state index contributed by atoms with van der Waals surface area (Å²) in [7, 11) is 3.36. The molecule has 0 aromatic heterocycles. The van der Waals surface area contributed by atoms with Gasteiger partial charge < -0.3 is 19.9 Å². The van der Waals surface area contributed by atoms with Crippen LogP contribution in [0.15, 0.2) is 48.5 Å². The molecule has 1 heterocycles. The van der Waals surface area contributed by atoms with Crippen LogP contribution in [0.3, 0.4) is 0 Å². The second kappa shape index (κ2) is 8.97. The first-order valence-electron chi connectivity index (χ1n) is 10.3. The van der Waals surface area contributed by atoms with Crippen LogP contribution in [-0.4, -0.2) is 24.9 Å². The van der Waals surface area contributed by atoms with E-state index in [-0.39, 0.29) is 18.0 Å². The molecule has 1 saturated heterocycles. The third-order valence-corrected chi connectivity index (χ3v) is 6.24. The third kappa shape index (κ3) is 4.34. The van der Waals surface area contributed by atoms with E-state index in [1.807, 2.05) is 24.3 Å². The molecule has 4 nitrogen and oxygen atoms in total. The summed E-state index contributed by atoms with van der Waals surface area (Å²) in [6.45, 7) is 4.35. The summed E-state index contributed by atoms with van der Waals surface area (Å²) in [6, 6.07) is 16.5. The van der Waals surface area contributed by atoms with Gasteiger partial charge in [-0.1, -0.05) is 51.0 Å². The fourth-order valence-electron chi connectivity index (χ4n) is 4.33. The zero-order chi connectivity index (χ0) is 20.1. The van der Waals surface area contributed by atoms with Crippen molar-refractivity contribution in [3.63, 3.8) is 0 Å². The van der Waals surface area contributed by atoms with Gasteiger partial charge >= 0.3 is 0 Å². The Morgan fingerprint density at radius 3 is 2.00 bits per heavy atom. The molecule has 1 aliphatic rings. The molecular formula is C24H33NO3. The Balaban J connectivity index is 1.92. The van der Waals surface area contributed by atoms with Gasteiger partial charge in [0.15, 0.2) is 0 Å². The van der Waals surface area contributed by atoms with Crippen LogP contribution in [-0.2, 0) is 0 Å². The van der Waals surface area contributed by atoms with Gasteiger partial charge in [0, 0.05) is 18.0 Å². The van der Waals surface area contributed by atoms with Crippen LogP contribution in [0.4, 0.5) is 0 Å². The SMILES string of the molecule is CCCC[C@@]1(O)C[C@@H](c2ccc(OC)cc2)N[C@H](c2ccc(OC)cc2)[C@@H]1C. The summed E-state index contributed by atoms with van der Waals surface area (Å²) < 4.78 is 10.6. The quantitative estimate of drug-likeness (QED) is 0.703. The lowest BCUT2D eigenvalue weighted by atomic mass is 9.70. The van der Waals surface area contributed by atoms with Crippen LogP contribution in [0.1, 0.15) is 62.7 Å². The largest absolute Gasteiger partial charge is 0.497 e. The zero-order valence-electron chi connectivity index (χ0n) is 17.4. The number of hydrogen-bond donors (Lipinski definition) is 2. The molecule has 0 unspecified atom stereocenters. The lowest BCUT2D eigenvalue weighted by molar-refractivity contribution is -0.0752. The van der Waals surface area contributed by atoms with Crippen LogP contribution in [0.25, 0.3) is 0 Å². The second-order valence-corrected chi connectivity index (χ2v) is 7.94. The van der Waals surface area contributed by atoms with Crippen molar-refractivity contribution in [1.82, 2.24) is 5.32 Å². The van der Waals surface area contributed by atoms with E-state index in [9.17, 15) is 5.11 Å². The monoisotopic (exact) mass is 383 g/mol. The van der Waals surface area contributed by atoms with Crippen molar-refractivity contribution in [3.8, 4) is 11.5 Å². The van der Waals surface area contributed by atoms with E-state index in [1.165, 1.54) is 11.1 Å². The van der Waals surface area contributed by atoms with E-state index in [0.29, 0.717) is 6.42 Å². The summed E-state index contributed by atoms with van der Waals surface area (Å²) in [6.07, 6.45) is 3.66. The number of methoxy groups -OCH3 is 2. The van der Waals surface area contributed by atoms with Crippen LogP contribution in [0, 0.1) is 5.92 Å². The maximum atomic E-state index is 11.6. The van der Waals surface area contributed by atoms with Crippen molar-refractivity contribution in [2.24, 2.45) is 5.92 Å². The van der Waals surface area contributed by atoms with Crippen molar-refractivity contribution >= 4 is 0 Å². The zero-order valence-corrected chi connectivity index (χ0v) is 17.4. The number of aliphatic hydroxyl groups is 1. The fourth-order valence-corrected chi connectivity index (χ4v) is 4.33. The van der Waals surface area contributed by atoms with Gasteiger partial charge in [0.05, 0.1) is 19.8 Å². The molecule has 0 bridgehead atoms. The van der Waals surface area contributed by atoms with Crippen molar-refractivity contribution < 1.29 is 14.6 Å². The van der Waals surface area contributed by atoms with Crippen LogP contribution >= 0.6 is 0 Å². The smallest absolute Gasteiger partial charge is 0.118 e. The number of rotatable bonds is 7. The van der Waals surface area contributed by atoms with Gasteiger partial charge in [-0.2, -0.15) is 0 Å². The van der Waals surface area contributed by atoms with E-state index < -0.39 is 5.60 Å². The van der Waals surface area contributed by atoms with Crippen molar-refractivity contribution in [3.05, 3.63) is 59.7 Å². The van der Waals surface area contributed by atoms with E-state index in [1.54, 1.807) is 14.2 Å². The minimum absolute atomic E-state index is 0.0774. The first kappa shape index (κ1) is 20.7. The van der Waals surface area contributed by atoms with Crippen LogP contribution < -0.4 is 14.8 Å². The van der Waals surface area contributed by atoms with Gasteiger partial charge in [0.25, 0.3) is 0 Å². The van der Waals surface area contributed by atoms with Gasteiger partial charge in [-0.05, 0) is 48.2 Å². The maximum Gasteiger partial charge on any atom is 0.118 e. The van der Waals surface area contributed by atoms with E-state index >= 15 is 0 Å². The molecule has 0 saturated carbocycles. The molecule has 152 valence electrons. The van der Waals surface area contributed by atoms with Gasteiger partial charge in [-0.15, -0.1) is 0 Å². The summed E-state index contributed by atoms with van der Waals surface area (Å²) in [5.74, 6) is 1.81. The number of nitrogens with one attached hydrogen (secondary N) is 1. The van der Waals surface area contributed by atoms with E-state index in [0.717, 1.165) is 30.8 Å². The molecule has 1 fully saturated rings. The van der Waals surface area contributed by atoms with Gasteiger partial charge in [0.1, 0.15) is 11.5 Å². The highest BCUT2D eigenvalue weighted by atomic mass is 16.5. The van der Waals surface area contributed by atoms with E-state index in [4.69, 9.17) is 9.47 Å². The molecule has 2 N–H and O–H groups in total. The summed E-state index contributed by atoms with van der Waals surface area (Å²) >= 11 is 0. The molecule has 2 aromatic rings. The van der Waals surface area contributed by atoms with Crippen LogP contribution in [0.2, 0.25) is 0 Å². The fraction of sp³-hybridized carbons (Fsp3) is 0.500. The first-order chi connectivity index (χ1) is 13.5. The van der Waals surface area contributed by atoms with Crippen molar-refractivity contribution in [1.29, 1.82) is 0 Å². The molecule has 4 heteroatoms. The number of unbranched alkanes of at least 4 members (excludes halogenated alkanes) is 1. The minimum Gasteiger partial charge on any atom is -0.497 e. The van der Waals surface area contributed by atoms with Gasteiger partial charge in [-0.25, -0.2) is 0 Å². The summed E-state index contributed by atoms with van der Waals surface area (Å²) in [5, 5.41) is 15.4. The molecule has 3 rings (SSSR count). The Morgan fingerprint density at radius 2 is 1.50 bits per heavy atom.